The Morgan fingerprint density at radius 1 is 0.895 bits per heavy atom. The standard InChI is InChI=1S/C16H17F2N/c1-11(2)16(12-6-4-3-5-7-12)19-13-8-9-14(17)15(18)10-13/h3-11,16,19H,1-2H3. The van der Waals surface area contributed by atoms with E-state index in [1.165, 1.54) is 6.07 Å². The first-order chi connectivity index (χ1) is 9.08. The molecule has 2 aromatic carbocycles. The highest BCUT2D eigenvalue weighted by atomic mass is 19.2. The Hall–Kier alpha value is -1.90. The van der Waals surface area contributed by atoms with Gasteiger partial charge in [0, 0.05) is 11.8 Å². The number of hydrogen-bond acceptors (Lipinski definition) is 1. The molecular formula is C16H17F2N. The van der Waals surface area contributed by atoms with E-state index in [1.54, 1.807) is 6.07 Å². The summed E-state index contributed by atoms with van der Waals surface area (Å²) in [5.41, 5.74) is 1.71. The largest absolute Gasteiger partial charge is 0.378 e. The molecule has 1 nitrogen and oxygen atoms in total. The van der Waals surface area contributed by atoms with Gasteiger partial charge in [-0.1, -0.05) is 44.2 Å². The van der Waals surface area contributed by atoms with E-state index in [1.807, 2.05) is 30.3 Å². The van der Waals surface area contributed by atoms with Gasteiger partial charge in [0.25, 0.3) is 0 Å². The average molecular weight is 261 g/mol. The van der Waals surface area contributed by atoms with Crippen LogP contribution in [0.3, 0.4) is 0 Å². The molecular weight excluding hydrogens is 244 g/mol. The van der Waals surface area contributed by atoms with Gasteiger partial charge in [-0.25, -0.2) is 8.78 Å². The van der Waals surface area contributed by atoms with E-state index in [-0.39, 0.29) is 6.04 Å². The Bertz CT molecular complexity index is 538. The molecule has 0 saturated carbocycles. The molecule has 2 rings (SSSR count). The van der Waals surface area contributed by atoms with Gasteiger partial charge in [-0.15, -0.1) is 0 Å². The second-order valence-electron chi connectivity index (χ2n) is 4.91. The highest BCUT2D eigenvalue weighted by Crippen LogP contribution is 2.27. The fraction of sp³-hybridized carbons (Fsp3) is 0.250. The molecule has 19 heavy (non-hydrogen) atoms. The van der Waals surface area contributed by atoms with Gasteiger partial charge >= 0.3 is 0 Å². The van der Waals surface area contributed by atoms with Crippen molar-refractivity contribution in [1.29, 1.82) is 0 Å². The maximum absolute atomic E-state index is 13.2. The molecule has 0 saturated heterocycles. The maximum atomic E-state index is 13.2. The first kappa shape index (κ1) is 13.5. The van der Waals surface area contributed by atoms with Crippen LogP contribution in [0, 0.1) is 17.6 Å². The monoisotopic (exact) mass is 261 g/mol. The molecule has 0 aliphatic heterocycles. The lowest BCUT2D eigenvalue weighted by Crippen LogP contribution is -2.16. The second-order valence-corrected chi connectivity index (χ2v) is 4.91. The molecule has 1 atom stereocenters. The molecule has 2 aromatic rings. The van der Waals surface area contributed by atoms with Gasteiger partial charge < -0.3 is 5.32 Å². The van der Waals surface area contributed by atoms with Crippen LogP contribution in [0.25, 0.3) is 0 Å². The van der Waals surface area contributed by atoms with Crippen LogP contribution in [0.4, 0.5) is 14.5 Å². The third-order valence-corrected chi connectivity index (χ3v) is 3.07. The lowest BCUT2D eigenvalue weighted by Gasteiger charge is -2.24. The Labute approximate surface area is 112 Å². The normalized spacial score (nSPS) is 12.5. The Balaban J connectivity index is 2.24. The van der Waals surface area contributed by atoms with Crippen molar-refractivity contribution < 1.29 is 8.78 Å². The van der Waals surface area contributed by atoms with E-state index < -0.39 is 11.6 Å². The van der Waals surface area contributed by atoms with E-state index in [0.717, 1.165) is 11.6 Å². The van der Waals surface area contributed by atoms with Crippen LogP contribution in [0.5, 0.6) is 0 Å². The van der Waals surface area contributed by atoms with Gasteiger partial charge in [0.15, 0.2) is 11.6 Å². The van der Waals surface area contributed by atoms with Crippen LogP contribution in [0.2, 0.25) is 0 Å². The maximum Gasteiger partial charge on any atom is 0.160 e. The summed E-state index contributed by atoms with van der Waals surface area (Å²) in [7, 11) is 0. The first-order valence-corrected chi connectivity index (χ1v) is 6.34. The van der Waals surface area contributed by atoms with E-state index >= 15 is 0 Å². The van der Waals surface area contributed by atoms with Crippen molar-refractivity contribution in [2.24, 2.45) is 5.92 Å². The number of halogens is 2. The molecule has 0 aliphatic rings. The predicted molar refractivity (Wildman–Crippen MR) is 74.0 cm³/mol. The fourth-order valence-electron chi connectivity index (χ4n) is 2.06. The van der Waals surface area contributed by atoms with Crippen molar-refractivity contribution in [3.05, 3.63) is 65.7 Å². The topological polar surface area (TPSA) is 12.0 Å². The summed E-state index contributed by atoms with van der Waals surface area (Å²) in [6.45, 7) is 4.18. The van der Waals surface area contributed by atoms with Gasteiger partial charge in [0.2, 0.25) is 0 Å². The summed E-state index contributed by atoms with van der Waals surface area (Å²) in [5, 5.41) is 3.26. The lowest BCUT2D eigenvalue weighted by atomic mass is 9.96. The van der Waals surface area contributed by atoms with Crippen molar-refractivity contribution >= 4 is 5.69 Å². The zero-order valence-corrected chi connectivity index (χ0v) is 11.0. The van der Waals surface area contributed by atoms with Crippen molar-refractivity contribution in [2.75, 3.05) is 5.32 Å². The number of nitrogens with one attached hydrogen (secondary N) is 1. The average Bonchev–Trinajstić information content (AvgIpc) is 2.40. The van der Waals surface area contributed by atoms with Crippen LogP contribution in [-0.4, -0.2) is 0 Å². The number of anilines is 1. The molecule has 3 heteroatoms. The fourth-order valence-corrected chi connectivity index (χ4v) is 2.06. The molecule has 1 N–H and O–H groups in total. The summed E-state index contributed by atoms with van der Waals surface area (Å²) in [6.07, 6.45) is 0. The van der Waals surface area contributed by atoms with Gasteiger partial charge in [-0.3, -0.25) is 0 Å². The smallest absolute Gasteiger partial charge is 0.160 e. The van der Waals surface area contributed by atoms with Crippen LogP contribution in [-0.2, 0) is 0 Å². The van der Waals surface area contributed by atoms with Crippen molar-refractivity contribution in [3.8, 4) is 0 Å². The van der Waals surface area contributed by atoms with E-state index in [9.17, 15) is 8.78 Å². The minimum atomic E-state index is -0.833. The minimum absolute atomic E-state index is 0.0612. The summed E-state index contributed by atoms with van der Waals surface area (Å²) in [6, 6.07) is 13.9. The number of rotatable bonds is 4. The van der Waals surface area contributed by atoms with Crippen LogP contribution in [0.15, 0.2) is 48.5 Å². The SMILES string of the molecule is CC(C)C(Nc1ccc(F)c(F)c1)c1ccccc1. The molecule has 0 amide bonds. The lowest BCUT2D eigenvalue weighted by molar-refractivity contribution is 0.507. The van der Waals surface area contributed by atoms with E-state index in [0.29, 0.717) is 11.6 Å². The molecule has 100 valence electrons. The summed E-state index contributed by atoms with van der Waals surface area (Å²) >= 11 is 0. The van der Waals surface area contributed by atoms with Crippen molar-refractivity contribution in [2.45, 2.75) is 19.9 Å². The number of benzene rings is 2. The zero-order chi connectivity index (χ0) is 13.8. The Morgan fingerprint density at radius 3 is 2.16 bits per heavy atom. The first-order valence-electron chi connectivity index (χ1n) is 6.34. The molecule has 1 unspecified atom stereocenters. The third kappa shape index (κ3) is 3.31. The van der Waals surface area contributed by atoms with E-state index in [2.05, 4.69) is 19.2 Å². The second kappa shape index (κ2) is 5.83. The highest BCUT2D eigenvalue weighted by Gasteiger charge is 2.15. The predicted octanol–water partition coefficient (Wildman–Crippen LogP) is 4.77. The molecule has 0 heterocycles. The molecule has 0 fully saturated rings. The molecule has 0 aromatic heterocycles. The van der Waals surface area contributed by atoms with Crippen molar-refractivity contribution in [3.63, 3.8) is 0 Å². The summed E-state index contributed by atoms with van der Waals surface area (Å²) < 4.78 is 26.1. The Kier molecular flexibility index (Phi) is 4.15. The molecule has 0 bridgehead atoms. The van der Waals surface area contributed by atoms with Gasteiger partial charge in [0.1, 0.15) is 0 Å². The van der Waals surface area contributed by atoms with Crippen LogP contribution >= 0.6 is 0 Å². The third-order valence-electron chi connectivity index (χ3n) is 3.07. The molecule has 0 radical (unpaired) electrons. The molecule has 0 aliphatic carbocycles. The van der Waals surface area contributed by atoms with Crippen LogP contribution < -0.4 is 5.32 Å². The minimum Gasteiger partial charge on any atom is -0.378 e. The van der Waals surface area contributed by atoms with E-state index in [4.69, 9.17) is 0 Å². The Morgan fingerprint density at radius 2 is 1.58 bits per heavy atom. The van der Waals surface area contributed by atoms with Crippen LogP contribution in [0.1, 0.15) is 25.5 Å². The van der Waals surface area contributed by atoms with Gasteiger partial charge in [-0.05, 0) is 23.6 Å². The van der Waals surface area contributed by atoms with Gasteiger partial charge in [-0.2, -0.15) is 0 Å². The van der Waals surface area contributed by atoms with Gasteiger partial charge in [0.05, 0.1) is 6.04 Å². The highest BCUT2D eigenvalue weighted by molar-refractivity contribution is 5.46. The summed E-state index contributed by atoms with van der Waals surface area (Å²) in [5.74, 6) is -1.33. The number of hydrogen-bond donors (Lipinski definition) is 1. The zero-order valence-electron chi connectivity index (χ0n) is 11.0. The molecule has 0 spiro atoms. The van der Waals surface area contributed by atoms with Crippen molar-refractivity contribution in [1.82, 2.24) is 0 Å². The quantitative estimate of drug-likeness (QED) is 0.835. The summed E-state index contributed by atoms with van der Waals surface area (Å²) in [4.78, 5) is 0.